The number of benzene rings is 2. The summed E-state index contributed by atoms with van der Waals surface area (Å²) in [7, 11) is 0.568. The van der Waals surface area contributed by atoms with E-state index in [0.29, 0.717) is 34.4 Å². The number of aryl methyl sites for hydroxylation is 1. The Morgan fingerprint density at radius 3 is 2.56 bits per heavy atom. The zero-order valence-corrected chi connectivity index (χ0v) is 20.7. The van der Waals surface area contributed by atoms with Gasteiger partial charge in [-0.25, -0.2) is 9.78 Å². The third-order valence-corrected chi connectivity index (χ3v) is 8.00. The molecule has 3 aromatic rings. The summed E-state index contributed by atoms with van der Waals surface area (Å²) < 4.78 is 11.5. The fourth-order valence-corrected chi connectivity index (χ4v) is 6.27. The van der Waals surface area contributed by atoms with E-state index in [1.807, 2.05) is 38.1 Å². The van der Waals surface area contributed by atoms with Crippen LogP contribution in [0.2, 0.25) is 0 Å². The predicted molar refractivity (Wildman–Crippen MR) is 136 cm³/mol. The normalized spacial score (nSPS) is 13.4. The Hall–Kier alpha value is -1.94. The molecule has 1 heterocycles. The Balaban J connectivity index is 1.60. The summed E-state index contributed by atoms with van der Waals surface area (Å²) >= 11 is 1.73. The second-order valence-corrected chi connectivity index (χ2v) is 10.3. The van der Waals surface area contributed by atoms with Gasteiger partial charge in [0.05, 0.1) is 17.1 Å². The largest absolute Gasteiger partial charge is 0.464 e. The zero-order chi connectivity index (χ0) is 22.7. The topological polar surface area (TPSA) is 48.4 Å². The lowest BCUT2D eigenvalue weighted by atomic mass is 9.96. The highest BCUT2D eigenvalue weighted by Crippen LogP contribution is 2.33. The summed E-state index contributed by atoms with van der Waals surface area (Å²) in [6.45, 7) is 4.66. The molecule has 0 bridgehead atoms. The second-order valence-electron chi connectivity index (χ2n) is 7.54. The van der Waals surface area contributed by atoms with E-state index in [9.17, 15) is 4.79 Å². The van der Waals surface area contributed by atoms with Crippen LogP contribution in [0.25, 0.3) is 10.9 Å². The average Bonchev–Trinajstić information content (AvgIpc) is 2.82. The highest BCUT2D eigenvalue weighted by molar-refractivity contribution is 8.03. The van der Waals surface area contributed by atoms with Gasteiger partial charge < -0.3 is 9.47 Å². The van der Waals surface area contributed by atoms with Crippen molar-refractivity contribution >= 4 is 37.2 Å². The number of pyridine rings is 1. The van der Waals surface area contributed by atoms with Crippen LogP contribution in [-0.2, 0) is 20.7 Å². The number of fused-ring (bicyclic) bond motifs is 1. The molecule has 0 amide bonds. The number of ether oxygens (including phenoxy) is 2. The van der Waals surface area contributed by atoms with Crippen LogP contribution < -0.4 is 0 Å². The Bertz CT molecular complexity index is 985. The van der Waals surface area contributed by atoms with Gasteiger partial charge in [0.1, 0.15) is 0 Å². The first-order chi connectivity index (χ1) is 15.7. The van der Waals surface area contributed by atoms with Crippen molar-refractivity contribution in [3.8, 4) is 0 Å². The first-order valence-corrected chi connectivity index (χ1v) is 13.6. The minimum absolute atomic E-state index is 0.226. The molecule has 0 aliphatic rings. The van der Waals surface area contributed by atoms with Gasteiger partial charge in [0.15, 0.2) is 5.60 Å². The summed E-state index contributed by atoms with van der Waals surface area (Å²) in [6.07, 6.45) is 3.15. The average molecular weight is 470 g/mol. The van der Waals surface area contributed by atoms with Gasteiger partial charge >= 0.3 is 5.97 Å². The molecule has 0 aliphatic carbocycles. The molecule has 2 unspecified atom stereocenters. The van der Waals surface area contributed by atoms with E-state index < -0.39 is 5.60 Å². The molecule has 3 rings (SSSR count). The molecule has 0 aliphatic heterocycles. The Kier molecular flexibility index (Phi) is 9.98. The van der Waals surface area contributed by atoms with Gasteiger partial charge in [0, 0.05) is 23.6 Å². The SMILES string of the molecule is CCOC(=O)C(CCCc1ccccc1)(CPCSc1ccc2ccccc2n1)OCC. The summed E-state index contributed by atoms with van der Waals surface area (Å²) in [5.74, 6) is -0.226. The van der Waals surface area contributed by atoms with Crippen molar-refractivity contribution in [2.45, 2.75) is 43.7 Å². The molecule has 2 atom stereocenters. The van der Waals surface area contributed by atoms with Crippen LogP contribution >= 0.6 is 20.3 Å². The smallest absolute Gasteiger partial charge is 0.338 e. The third kappa shape index (κ3) is 7.03. The number of carbonyl (C=O) groups excluding carboxylic acids is 1. The summed E-state index contributed by atoms with van der Waals surface area (Å²) in [6, 6.07) is 22.7. The number of aromatic nitrogens is 1. The van der Waals surface area contributed by atoms with Crippen LogP contribution in [0, 0.1) is 0 Å². The number of hydrogen-bond donors (Lipinski definition) is 0. The highest BCUT2D eigenvalue weighted by Gasteiger charge is 2.39. The van der Waals surface area contributed by atoms with Gasteiger partial charge in [0.25, 0.3) is 0 Å². The van der Waals surface area contributed by atoms with E-state index >= 15 is 0 Å². The molecule has 0 saturated heterocycles. The maximum absolute atomic E-state index is 12.9. The number of carbonyl (C=O) groups is 1. The second kappa shape index (κ2) is 12.9. The van der Waals surface area contributed by atoms with Gasteiger partial charge in [0.2, 0.25) is 0 Å². The van der Waals surface area contributed by atoms with E-state index in [0.717, 1.165) is 34.3 Å². The minimum atomic E-state index is -0.866. The van der Waals surface area contributed by atoms with E-state index in [1.54, 1.807) is 11.8 Å². The van der Waals surface area contributed by atoms with Crippen molar-refractivity contribution in [2.75, 3.05) is 24.9 Å². The minimum Gasteiger partial charge on any atom is -0.464 e. The van der Waals surface area contributed by atoms with E-state index in [1.165, 1.54) is 5.56 Å². The first kappa shape index (κ1) is 24.7. The number of nitrogens with zero attached hydrogens (tertiary/aromatic N) is 1. The number of thioether (sulfide) groups is 1. The number of esters is 1. The molecule has 0 fully saturated rings. The van der Waals surface area contributed by atoms with E-state index in [2.05, 4.69) is 42.5 Å². The van der Waals surface area contributed by atoms with Crippen LogP contribution in [0.4, 0.5) is 0 Å². The number of rotatable bonds is 13. The maximum atomic E-state index is 12.9. The highest BCUT2D eigenvalue weighted by atomic mass is 32.2. The van der Waals surface area contributed by atoms with Gasteiger partial charge in [-0.05, 0) is 50.8 Å². The fourth-order valence-electron chi connectivity index (χ4n) is 3.71. The summed E-state index contributed by atoms with van der Waals surface area (Å²) in [5.41, 5.74) is 2.33. The van der Waals surface area contributed by atoms with Crippen LogP contribution in [0.3, 0.4) is 0 Å². The summed E-state index contributed by atoms with van der Waals surface area (Å²) in [4.78, 5) is 17.7. The first-order valence-electron chi connectivity index (χ1n) is 11.2. The molecule has 170 valence electrons. The van der Waals surface area contributed by atoms with Gasteiger partial charge in [-0.3, -0.25) is 0 Å². The van der Waals surface area contributed by atoms with Gasteiger partial charge in [-0.1, -0.05) is 54.6 Å². The van der Waals surface area contributed by atoms with Crippen molar-refractivity contribution in [1.82, 2.24) is 4.98 Å². The Labute approximate surface area is 197 Å². The number of para-hydroxylation sites is 1. The van der Waals surface area contributed by atoms with Crippen molar-refractivity contribution in [3.05, 3.63) is 72.3 Å². The predicted octanol–water partition coefficient (Wildman–Crippen LogP) is 6.32. The molecule has 0 saturated carbocycles. The standard InChI is InChI=1S/C26H32NO3PS/c1-3-29-25(28)26(30-4-2,18-10-13-21-11-6-5-7-12-21)19-31-20-32-24-17-16-22-14-8-9-15-23(22)27-24/h5-9,11-12,14-17,31H,3-4,10,13,18-20H2,1-2H3. The Morgan fingerprint density at radius 1 is 1.00 bits per heavy atom. The monoisotopic (exact) mass is 469 g/mol. The molecule has 4 nitrogen and oxygen atoms in total. The molecule has 2 aromatic carbocycles. The van der Waals surface area contributed by atoms with Crippen LogP contribution in [0.15, 0.2) is 71.8 Å². The lowest BCUT2D eigenvalue weighted by molar-refractivity contribution is -0.169. The van der Waals surface area contributed by atoms with Crippen LogP contribution in [-0.4, -0.2) is 41.4 Å². The lowest BCUT2D eigenvalue weighted by Gasteiger charge is -2.31. The van der Waals surface area contributed by atoms with E-state index in [-0.39, 0.29) is 5.97 Å². The van der Waals surface area contributed by atoms with Crippen molar-refractivity contribution in [2.24, 2.45) is 0 Å². The molecule has 32 heavy (non-hydrogen) atoms. The molecule has 0 spiro atoms. The molecule has 6 heteroatoms. The van der Waals surface area contributed by atoms with Crippen molar-refractivity contribution in [1.29, 1.82) is 0 Å². The number of hydrogen-bond acceptors (Lipinski definition) is 5. The van der Waals surface area contributed by atoms with Crippen molar-refractivity contribution < 1.29 is 14.3 Å². The molecular formula is C26H32NO3PS. The molecular weight excluding hydrogens is 437 g/mol. The quantitative estimate of drug-likeness (QED) is 0.127. The lowest BCUT2D eigenvalue weighted by Crippen LogP contribution is -2.45. The fraction of sp³-hybridized carbons (Fsp3) is 0.385. The molecule has 0 radical (unpaired) electrons. The maximum Gasteiger partial charge on any atom is 0.338 e. The van der Waals surface area contributed by atoms with E-state index in [4.69, 9.17) is 14.5 Å². The molecule has 1 aromatic heterocycles. The Morgan fingerprint density at radius 2 is 1.78 bits per heavy atom. The van der Waals surface area contributed by atoms with Gasteiger partial charge in [-0.2, -0.15) is 0 Å². The van der Waals surface area contributed by atoms with Crippen molar-refractivity contribution in [3.63, 3.8) is 0 Å². The van der Waals surface area contributed by atoms with Crippen LogP contribution in [0.1, 0.15) is 32.3 Å². The summed E-state index contributed by atoms with van der Waals surface area (Å²) in [5, 5.41) is 2.16. The molecule has 0 N–H and O–H groups in total. The zero-order valence-electron chi connectivity index (χ0n) is 18.9. The van der Waals surface area contributed by atoms with Crippen LogP contribution in [0.5, 0.6) is 0 Å². The van der Waals surface area contributed by atoms with Gasteiger partial charge in [-0.15, -0.1) is 20.3 Å². The third-order valence-electron chi connectivity index (χ3n) is 5.26.